The van der Waals surface area contributed by atoms with E-state index in [9.17, 15) is 9.59 Å². The van der Waals surface area contributed by atoms with Gasteiger partial charge >= 0.3 is 11.9 Å². The number of carbonyl (C=O) groups is 2. The Morgan fingerprint density at radius 2 is 1.40 bits per heavy atom. The number of carbonyl (C=O) groups excluding carboxylic acids is 2. The summed E-state index contributed by atoms with van der Waals surface area (Å²) in [6, 6.07) is -0.750. The van der Waals surface area contributed by atoms with Crippen molar-refractivity contribution in [1.29, 1.82) is 0 Å². The lowest BCUT2D eigenvalue weighted by Gasteiger charge is -2.12. The zero-order valence-electron chi connectivity index (χ0n) is 13.2. The fourth-order valence-electron chi connectivity index (χ4n) is 1.37. The minimum absolute atomic E-state index is 0.151. The summed E-state index contributed by atoms with van der Waals surface area (Å²) in [5.41, 5.74) is 5.68. The summed E-state index contributed by atoms with van der Waals surface area (Å²) in [6.45, 7) is 9.04. The number of hydrogen-bond donors (Lipinski definition) is 1. The molecule has 0 aliphatic carbocycles. The topological polar surface area (TPSA) is 78.6 Å². The van der Waals surface area contributed by atoms with Gasteiger partial charge in [-0.25, -0.2) is 0 Å². The van der Waals surface area contributed by atoms with Crippen molar-refractivity contribution in [3.8, 4) is 0 Å². The maximum Gasteiger partial charge on any atom is 0.322 e. The fourth-order valence-corrected chi connectivity index (χ4v) is 1.37. The van der Waals surface area contributed by atoms with Crippen molar-refractivity contribution in [2.75, 3.05) is 13.2 Å². The Hall–Kier alpha value is -1.10. The van der Waals surface area contributed by atoms with Gasteiger partial charge in [0.15, 0.2) is 0 Å². The van der Waals surface area contributed by atoms with E-state index in [1.54, 1.807) is 0 Å². The molecule has 0 fully saturated rings. The molecule has 0 spiro atoms. The molecule has 0 unspecified atom stereocenters. The maximum absolute atomic E-state index is 11.5. The quantitative estimate of drug-likeness (QED) is 0.624. The second-order valence-electron chi connectivity index (χ2n) is 5.90. The molecule has 0 amide bonds. The van der Waals surface area contributed by atoms with Crippen LogP contribution in [0.15, 0.2) is 0 Å². The first-order valence-electron chi connectivity index (χ1n) is 7.40. The van der Waals surface area contributed by atoms with Crippen molar-refractivity contribution in [2.24, 2.45) is 17.6 Å². The number of ether oxygens (including phenoxy) is 2. The van der Waals surface area contributed by atoms with Crippen LogP contribution >= 0.6 is 0 Å². The van der Waals surface area contributed by atoms with Crippen LogP contribution in [0.2, 0.25) is 0 Å². The molecule has 5 nitrogen and oxygen atoms in total. The van der Waals surface area contributed by atoms with Gasteiger partial charge in [-0.2, -0.15) is 0 Å². The van der Waals surface area contributed by atoms with Gasteiger partial charge in [-0.15, -0.1) is 0 Å². The predicted octanol–water partition coefficient (Wildman–Crippen LogP) is 2.27. The van der Waals surface area contributed by atoms with E-state index in [1.807, 2.05) is 0 Å². The van der Waals surface area contributed by atoms with Gasteiger partial charge in [0.25, 0.3) is 0 Å². The van der Waals surface area contributed by atoms with E-state index < -0.39 is 12.0 Å². The van der Waals surface area contributed by atoms with Crippen LogP contribution in [0.5, 0.6) is 0 Å². The van der Waals surface area contributed by atoms with Crippen LogP contribution in [-0.2, 0) is 19.1 Å². The first-order chi connectivity index (χ1) is 9.32. The summed E-state index contributed by atoms with van der Waals surface area (Å²) in [5.74, 6) is 0.229. The Bertz CT molecular complexity index is 290. The van der Waals surface area contributed by atoms with Gasteiger partial charge in [0.2, 0.25) is 0 Å². The molecule has 0 aromatic heterocycles. The average Bonchev–Trinajstić information content (AvgIpc) is 2.34. The van der Waals surface area contributed by atoms with E-state index in [0.29, 0.717) is 25.0 Å². The highest BCUT2D eigenvalue weighted by atomic mass is 16.5. The Morgan fingerprint density at radius 1 is 0.900 bits per heavy atom. The third-order valence-corrected chi connectivity index (χ3v) is 2.86. The molecule has 1 atom stereocenters. The fraction of sp³-hybridized carbons (Fsp3) is 0.867. The molecule has 0 saturated carbocycles. The second kappa shape index (κ2) is 10.7. The van der Waals surface area contributed by atoms with Crippen LogP contribution in [0.3, 0.4) is 0 Å². The SMILES string of the molecule is CC(C)CCOC(=O)CC[C@H](N)C(=O)OCCC(C)C. The molecule has 118 valence electrons. The molecule has 0 bridgehead atoms. The molecule has 0 aliphatic heterocycles. The molecular weight excluding hydrogens is 258 g/mol. The molecule has 0 heterocycles. The van der Waals surface area contributed by atoms with Crippen LogP contribution in [0, 0.1) is 11.8 Å². The van der Waals surface area contributed by atoms with Crippen LogP contribution in [0.1, 0.15) is 53.4 Å². The van der Waals surface area contributed by atoms with E-state index in [0.717, 1.165) is 12.8 Å². The molecule has 0 aliphatic rings. The Kier molecular flexibility index (Phi) is 10.1. The standard InChI is InChI=1S/C15H29NO4/c1-11(2)7-9-19-14(17)6-5-13(16)15(18)20-10-8-12(3)4/h11-13H,5-10,16H2,1-4H3/t13-/m0/s1. The average molecular weight is 287 g/mol. The Morgan fingerprint density at radius 3 is 1.90 bits per heavy atom. The third-order valence-electron chi connectivity index (χ3n) is 2.86. The first kappa shape index (κ1) is 18.9. The normalized spacial score (nSPS) is 12.6. The van der Waals surface area contributed by atoms with E-state index in [1.165, 1.54) is 0 Å². The summed E-state index contributed by atoms with van der Waals surface area (Å²) in [5, 5.41) is 0. The lowest BCUT2D eigenvalue weighted by atomic mass is 10.1. The van der Waals surface area contributed by atoms with E-state index >= 15 is 0 Å². The lowest BCUT2D eigenvalue weighted by Crippen LogP contribution is -2.33. The van der Waals surface area contributed by atoms with Crippen molar-refractivity contribution in [3.05, 3.63) is 0 Å². The van der Waals surface area contributed by atoms with Crippen LogP contribution in [-0.4, -0.2) is 31.2 Å². The number of hydrogen-bond acceptors (Lipinski definition) is 5. The summed E-state index contributed by atoms with van der Waals surface area (Å²) in [6.07, 6.45) is 2.07. The summed E-state index contributed by atoms with van der Waals surface area (Å²) < 4.78 is 10.1. The van der Waals surface area contributed by atoms with E-state index in [-0.39, 0.29) is 18.8 Å². The van der Waals surface area contributed by atoms with Gasteiger partial charge in [-0.3, -0.25) is 9.59 Å². The highest BCUT2D eigenvalue weighted by molar-refractivity contribution is 5.77. The van der Waals surface area contributed by atoms with Gasteiger partial charge in [0.05, 0.1) is 13.2 Å². The highest BCUT2D eigenvalue weighted by Gasteiger charge is 2.17. The third kappa shape index (κ3) is 10.8. The predicted molar refractivity (Wildman–Crippen MR) is 78.0 cm³/mol. The van der Waals surface area contributed by atoms with E-state index in [4.69, 9.17) is 15.2 Å². The lowest BCUT2D eigenvalue weighted by molar-refractivity contribution is -0.147. The summed E-state index contributed by atoms with van der Waals surface area (Å²) in [7, 11) is 0. The Labute approximate surface area is 122 Å². The van der Waals surface area contributed by atoms with Crippen LogP contribution in [0.4, 0.5) is 0 Å². The first-order valence-corrected chi connectivity index (χ1v) is 7.40. The second-order valence-corrected chi connectivity index (χ2v) is 5.90. The van der Waals surface area contributed by atoms with Gasteiger partial charge in [0, 0.05) is 6.42 Å². The van der Waals surface area contributed by atoms with Crippen molar-refractivity contribution in [1.82, 2.24) is 0 Å². The molecule has 0 saturated heterocycles. The van der Waals surface area contributed by atoms with Crippen molar-refractivity contribution < 1.29 is 19.1 Å². The number of rotatable bonds is 10. The van der Waals surface area contributed by atoms with Crippen LogP contribution < -0.4 is 5.73 Å². The zero-order valence-corrected chi connectivity index (χ0v) is 13.2. The van der Waals surface area contributed by atoms with Gasteiger partial charge in [0.1, 0.15) is 6.04 Å². The number of nitrogens with two attached hydrogens (primary N) is 1. The monoisotopic (exact) mass is 287 g/mol. The molecule has 0 aromatic carbocycles. The van der Waals surface area contributed by atoms with Gasteiger partial charge in [-0.05, 0) is 31.1 Å². The maximum atomic E-state index is 11.5. The zero-order chi connectivity index (χ0) is 15.5. The van der Waals surface area contributed by atoms with E-state index in [2.05, 4.69) is 27.7 Å². The summed E-state index contributed by atoms with van der Waals surface area (Å²) >= 11 is 0. The molecule has 0 radical (unpaired) electrons. The van der Waals surface area contributed by atoms with Crippen molar-refractivity contribution in [3.63, 3.8) is 0 Å². The largest absolute Gasteiger partial charge is 0.466 e. The molecule has 0 rings (SSSR count). The van der Waals surface area contributed by atoms with Crippen molar-refractivity contribution in [2.45, 2.75) is 59.4 Å². The van der Waals surface area contributed by atoms with Gasteiger partial charge < -0.3 is 15.2 Å². The molecule has 20 heavy (non-hydrogen) atoms. The molecule has 5 heteroatoms. The Balaban J connectivity index is 3.71. The van der Waals surface area contributed by atoms with Gasteiger partial charge in [-0.1, -0.05) is 27.7 Å². The summed E-state index contributed by atoms with van der Waals surface area (Å²) in [4.78, 5) is 23.0. The van der Waals surface area contributed by atoms with Crippen molar-refractivity contribution >= 4 is 11.9 Å². The highest BCUT2D eigenvalue weighted by Crippen LogP contribution is 2.04. The molecular formula is C15H29NO4. The molecule has 2 N–H and O–H groups in total. The smallest absolute Gasteiger partial charge is 0.322 e. The van der Waals surface area contributed by atoms with Crippen LogP contribution in [0.25, 0.3) is 0 Å². The minimum atomic E-state index is -0.750. The number of esters is 2. The molecule has 0 aromatic rings. The minimum Gasteiger partial charge on any atom is -0.466 e.